The molecule has 0 heterocycles. The van der Waals surface area contributed by atoms with Crippen molar-refractivity contribution in [2.24, 2.45) is 11.8 Å². The number of carbonyl (C=O) groups excluding carboxylic acids is 2. The summed E-state index contributed by atoms with van der Waals surface area (Å²) in [5.41, 5.74) is 0. The Morgan fingerprint density at radius 1 is 0.875 bits per heavy atom. The number of nitrogens with one attached hydrogen (secondary N) is 2. The molecule has 0 aliphatic heterocycles. The highest BCUT2D eigenvalue weighted by Crippen LogP contribution is 1.96. The molecule has 0 aromatic rings. The van der Waals surface area contributed by atoms with Crippen LogP contribution < -0.4 is 10.6 Å². The number of hydrogen-bond acceptors (Lipinski definition) is 4. The van der Waals surface area contributed by atoms with Crippen LogP contribution in [0.15, 0.2) is 0 Å². The minimum Gasteiger partial charge on any atom is -0.381 e. The normalized spacial score (nSPS) is 12.5. The first-order valence-corrected chi connectivity index (χ1v) is 9.06. The van der Waals surface area contributed by atoms with Crippen molar-refractivity contribution in [1.82, 2.24) is 10.6 Å². The zero-order valence-electron chi connectivity index (χ0n) is 16.0. The Balaban J connectivity index is 3.80. The lowest BCUT2D eigenvalue weighted by atomic mass is 10.2. The fourth-order valence-electron chi connectivity index (χ4n) is 1.89. The second-order valence-corrected chi connectivity index (χ2v) is 6.91. The second kappa shape index (κ2) is 14.2. The lowest BCUT2D eigenvalue weighted by Crippen LogP contribution is -2.43. The minimum atomic E-state index is -0.0527. The lowest BCUT2D eigenvalue weighted by Gasteiger charge is -2.18. The van der Waals surface area contributed by atoms with Gasteiger partial charge < -0.3 is 20.1 Å². The Kier molecular flexibility index (Phi) is 13.5. The van der Waals surface area contributed by atoms with E-state index in [4.69, 9.17) is 9.47 Å². The van der Waals surface area contributed by atoms with E-state index in [2.05, 4.69) is 38.3 Å². The number of hydrogen-bond donors (Lipinski definition) is 2. The minimum absolute atomic E-state index is 0.0416. The van der Waals surface area contributed by atoms with Gasteiger partial charge in [0.15, 0.2) is 0 Å². The molecule has 2 amide bonds. The highest BCUT2D eigenvalue weighted by atomic mass is 16.5. The van der Waals surface area contributed by atoms with Crippen molar-refractivity contribution in [3.63, 3.8) is 0 Å². The van der Waals surface area contributed by atoms with Gasteiger partial charge in [-0.3, -0.25) is 9.59 Å². The molecule has 6 heteroatoms. The summed E-state index contributed by atoms with van der Waals surface area (Å²) in [5, 5.41) is 5.77. The SMILES string of the molecule is CC[C@H](CNC(=O)CCOCC(C)C)NC(=O)CCOCC(C)C. The number of amides is 2. The van der Waals surface area contributed by atoms with Gasteiger partial charge in [-0.15, -0.1) is 0 Å². The Morgan fingerprint density at radius 2 is 1.38 bits per heavy atom. The van der Waals surface area contributed by atoms with Crippen molar-refractivity contribution in [2.75, 3.05) is 33.0 Å². The van der Waals surface area contributed by atoms with Crippen molar-refractivity contribution < 1.29 is 19.1 Å². The second-order valence-electron chi connectivity index (χ2n) is 6.91. The molecule has 0 aliphatic rings. The molecule has 0 spiro atoms. The molecule has 0 aromatic carbocycles. The maximum atomic E-state index is 11.9. The van der Waals surface area contributed by atoms with E-state index in [0.29, 0.717) is 57.6 Å². The van der Waals surface area contributed by atoms with E-state index in [1.807, 2.05) is 6.92 Å². The van der Waals surface area contributed by atoms with Gasteiger partial charge in [-0.1, -0.05) is 34.6 Å². The fraction of sp³-hybridized carbons (Fsp3) is 0.889. The third-order valence-electron chi connectivity index (χ3n) is 3.25. The molecule has 0 saturated heterocycles. The van der Waals surface area contributed by atoms with Crippen LogP contribution in [0.4, 0.5) is 0 Å². The van der Waals surface area contributed by atoms with Gasteiger partial charge in [0.05, 0.1) is 13.2 Å². The van der Waals surface area contributed by atoms with Crippen LogP contribution in [0.5, 0.6) is 0 Å². The first kappa shape index (κ1) is 22.9. The summed E-state index contributed by atoms with van der Waals surface area (Å²) in [6, 6.07) is -0.0527. The van der Waals surface area contributed by atoms with Crippen molar-refractivity contribution in [2.45, 2.75) is 59.9 Å². The summed E-state index contributed by atoms with van der Waals surface area (Å²) in [7, 11) is 0. The molecule has 0 fully saturated rings. The Morgan fingerprint density at radius 3 is 1.83 bits per heavy atom. The Hall–Kier alpha value is -1.14. The molecule has 142 valence electrons. The first-order valence-electron chi connectivity index (χ1n) is 9.06. The van der Waals surface area contributed by atoms with E-state index in [1.54, 1.807) is 0 Å². The topological polar surface area (TPSA) is 76.7 Å². The van der Waals surface area contributed by atoms with E-state index >= 15 is 0 Å². The van der Waals surface area contributed by atoms with Gasteiger partial charge in [0.1, 0.15) is 0 Å². The standard InChI is InChI=1S/C18H36N2O4/c1-6-16(20-18(22)8-10-24-13-15(4)5)11-19-17(21)7-9-23-12-14(2)3/h14-16H,6-13H2,1-5H3,(H,19,21)(H,20,22)/t16-/m1/s1. The van der Waals surface area contributed by atoms with Crippen LogP contribution >= 0.6 is 0 Å². The van der Waals surface area contributed by atoms with Gasteiger partial charge in [0.2, 0.25) is 11.8 Å². The molecule has 24 heavy (non-hydrogen) atoms. The fourth-order valence-corrected chi connectivity index (χ4v) is 1.89. The van der Waals surface area contributed by atoms with E-state index in [1.165, 1.54) is 0 Å². The van der Waals surface area contributed by atoms with Gasteiger partial charge in [-0.05, 0) is 18.3 Å². The Bertz CT molecular complexity index is 346. The molecule has 0 bridgehead atoms. The number of rotatable bonds is 14. The summed E-state index contributed by atoms with van der Waals surface area (Å²) in [6.07, 6.45) is 1.46. The summed E-state index contributed by atoms with van der Waals surface area (Å²) < 4.78 is 10.8. The molecule has 1 atom stereocenters. The number of carbonyl (C=O) groups is 2. The van der Waals surface area contributed by atoms with Gasteiger partial charge in [0.25, 0.3) is 0 Å². The zero-order valence-corrected chi connectivity index (χ0v) is 16.0. The molecule has 6 nitrogen and oxygen atoms in total. The number of ether oxygens (including phenoxy) is 2. The molecule has 0 saturated carbocycles. The summed E-state index contributed by atoms with van der Waals surface area (Å²) in [6.45, 7) is 12.9. The highest BCUT2D eigenvalue weighted by Gasteiger charge is 2.12. The van der Waals surface area contributed by atoms with Gasteiger partial charge in [0, 0.05) is 38.6 Å². The van der Waals surface area contributed by atoms with Crippen LogP contribution in [0.25, 0.3) is 0 Å². The van der Waals surface area contributed by atoms with E-state index in [0.717, 1.165) is 6.42 Å². The molecular formula is C18H36N2O4. The average molecular weight is 344 g/mol. The summed E-state index contributed by atoms with van der Waals surface area (Å²) in [5.74, 6) is 0.847. The van der Waals surface area contributed by atoms with Crippen LogP contribution in [0.3, 0.4) is 0 Å². The van der Waals surface area contributed by atoms with Crippen LogP contribution in [-0.2, 0) is 19.1 Å². The van der Waals surface area contributed by atoms with Crippen molar-refractivity contribution in [1.29, 1.82) is 0 Å². The predicted octanol–water partition coefficient (Wildman–Crippen LogP) is 2.12. The summed E-state index contributed by atoms with van der Waals surface area (Å²) in [4.78, 5) is 23.6. The molecule has 0 unspecified atom stereocenters. The van der Waals surface area contributed by atoms with Crippen LogP contribution in [0.1, 0.15) is 53.9 Å². The molecule has 2 N–H and O–H groups in total. The van der Waals surface area contributed by atoms with Crippen molar-refractivity contribution >= 4 is 11.8 Å². The van der Waals surface area contributed by atoms with Gasteiger partial charge in [-0.2, -0.15) is 0 Å². The van der Waals surface area contributed by atoms with Gasteiger partial charge >= 0.3 is 0 Å². The quantitative estimate of drug-likeness (QED) is 0.473. The molecule has 0 radical (unpaired) electrons. The van der Waals surface area contributed by atoms with Crippen LogP contribution in [0, 0.1) is 11.8 Å². The largest absolute Gasteiger partial charge is 0.381 e. The lowest BCUT2D eigenvalue weighted by molar-refractivity contribution is -0.124. The van der Waals surface area contributed by atoms with Crippen molar-refractivity contribution in [3.8, 4) is 0 Å². The summed E-state index contributed by atoms with van der Waals surface area (Å²) >= 11 is 0. The van der Waals surface area contributed by atoms with E-state index in [9.17, 15) is 9.59 Å². The van der Waals surface area contributed by atoms with E-state index < -0.39 is 0 Å². The van der Waals surface area contributed by atoms with Crippen molar-refractivity contribution in [3.05, 3.63) is 0 Å². The highest BCUT2D eigenvalue weighted by molar-refractivity contribution is 5.77. The monoisotopic (exact) mass is 344 g/mol. The average Bonchev–Trinajstić information content (AvgIpc) is 2.51. The maximum absolute atomic E-state index is 11.9. The van der Waals surface area contributed by atoms with Gasteiger partial charge in [-0.25, -0.2) is 0 Å². The molecule has 0 rings (SSSR count). The smallest absolute Gasteiger partial charge is 0.222 e. The molecule has 0 aromatic heterocycles. The first-order chi connectivity index (χ1) is 11.3. The van der Waals surface area contributed by atoms with E-state index in [-0.39, 0.29) is 17.9 Å². The molecular weight excluding hydrogens is 308 g/mol. The van der Waals surface area contributed by atoms with Crippen LogP contribution in [0.2, 0.25) is 0 Å². The predicted molar refractivity (Wildman–Crippen MR) is 95.8 cm³/mol. The zero-order chi connectivity index (χ0) is 18.4. The third-order valence-corrected chi connectivity index (χ3v) is 3.25. The third kappa shape index (κ3) is 14.5. The molecule has 0 aliphatic carbocycles. The van der Waals surface area contributed by atoms with Crippen LogP contribution in [-0.4, -0.2) is 50.8 Å². The Labute approximate surface area is 147 Å². The maximum Gasteiger partial charge on any atom is 0.222 e.